The third-order valence-electron chi connectivity index (χ3n) is 5.67. The summed E-state index contributed by atoms with van der Waals surface area (Å²) in [7, 11) is 0. The van der Waals surface area contributed by atoms with Crippen LogP contribution in [0.2, 0.25) is 0 Å². The number of halogens is 1. The van der Waals surface area contributed by atoms with Gasteiger partial charge in [-0.05, 0) is 43.0 Å². The number of ketones is 1. The van der Waals surface area contributed by atoms with E-state index in [9.17, 15) is 9.18 Å². The first-order chi connectivity index (χ1) is 12.8. The molecule has 4 rings (SSSR count). The van der Waals surface area contributed by atoms with Crippen LogP contribution in [0.25, 0.3) is 5.69 Å². The molecule has 2 aliphatic rings. The van der Waals surface area contributed by atoms with Gasteiger partial charge in [-0.15, -0.1) is 0 Å². The highest BCUT2D eigenvalue weighted by molar-refractivity contribution is 5.89. The lowest BCUT2D eigenvalue weighted by Crippen LogP contribution is -2.38. The van der Waals surface area contributed by atoms with Crippen LogP contribution in [-0.2, 0) is 4.79 Å². The minimum Gasteiger partial charge on any atom is -0.343 e. The molecule has 2 atom stereocenters. The fourth-order valence-electron chi connectivity index (χ4n) is 4.65. The summed E-state index contributed by atoms with van der Waals surface area (Å²) in [6, 6.07) is 6.35. The van der Waals surface area contributed by atoms with Crippen LogP contribution in [0.3, 0.4) is 0 Å². The number of aryl methyl sites for hydroxylation is 1. The Morgan fingerprint density at radius 3 is 2.67 bits per heavy atom. The van der Waals surface area contributed by atoms with Crippen molar-refractivity contribution in [3.8, 4) is 5.69 Å². The topological polar surface area (TPSA) is 46.9 Å². The van der Waals surface area contributed by atoms with Gasteiger partial charge in [0.15, 0.2) is 0 Å². The van der Waals surface area contributed by atoms with Crippen molar-refractivity contribution < 1.29 is 9.18 Å². The Hall–Kier alpha value is -2.43. The normalized spacial score (nSPS) is 23.3. The smallest absolute Gasteiger partial charge is 0.143 e. The predicted octanol–water partition coefficient (Wildman–Crippen LogP) is 5.13. The van der Waals surface area contributed by atoms with E-state index in [1.807, 2.05) is 11.6 Å². The maximum atomic E-state index is 13.4. The number of rotatable bonds is 3. The van der Waals surface area contributed by atoms with E-state index >= 15 is 0 Å². The molecule has 0 amide bonds. The van der Waals surface area contributed by atoms with E-state index in [0.717, 1.165) is 41.3 Å². The number of Topliss-reactive ketones (excluding diaryl/α,β-unsaturated/α-hetero) is 1. The molecule has 0 fully saturated rings. The third kappa shape index (κ3) is 2.99. The summed E-state index contributed by atoms with van der Waals surface area (Å²) in [6.07, 6.45) is 4.73. The maximum Gasteiger partial charge on any atom is 0.143 e. The molecular weight excluding hydrogens is 341 g/mol. The number of carbonyl (C=O) groups excluding carboxylic acids is 1. The summed E-state index contributed by atoms with van der Waals surface area (Å²) in [6.45, 7) is 8.35. The Morgan fingerprint density at radius 1 is 1.30 bits per heavy atom. The van der Waals surface area contributed by atoms with E-state index in [1.165, 1.54) is 12.1 Å². The molecule has 1 N–H and O–H groups in total. The third-order valence-corrected chi connectivity index (χ3v) is 5.67. The molecule has 0 bridgehead atoms. The second-order valence-corrected chi connectivity index (χ2v) is 8.47. The van der Waals surface area contributed by atoms with Gasteiger partial charge in [0.25, 0.3) is 0 Å². The summed E-state index contributed by atoms with van der Waals surface area (Å²) < 4.78 is 15.2. The van der Waals surface area contributed by atoms with Gasteiger partial charge in [0.2, 0.25) is 0 Å². The highest BCUT2D eigenvalue weighted by Gasteiger charge is 2.44. The van der Waals surface area contributed by atoms with Gasteiger partial charge in [0.05, 0.1) is 17.3 Å². The number of nitrogens with zero attached hydrogens (tertiary/aromatic N) is 2. The van der Waals surface area contributed by atoms with Gasteiger partial charge in [-0.2, -0.15) is 5.10 Å². The summed E-state index contributed by atoms with van der Waals surface area (Å²) in [5.74, 6) is 0.967. The predicted molar refractivity (Wildman–Crippen MR) is 105 cm³/mol. The highest BCUT2D eigenvalue weighted by Crippen LogP contribution is 2.49. The van der Waals surface area contributed by atoms with Crippen LogP contribution in [0.15, 0.2) is 36.0 Å². The van der Waals surface area contributed by atoms with Crippen molar-refractivity contribution in [1.82, 2.24) is 9.78 Å². The number of nitrogens with one attached hydrogen (secondary N) is 1. The number of carbonyl (C=O) groups is 1. The number of hydrogen-bond donors (Lipinski definition) is 1. The van der Waals surface area contributed by atoms with Crippen LogP contribution in [0.1, 0.15) is 57.2 Å². The summed E-state index contributed by atoms with van der Waals surface area (Å²) in [5, 5.41) is 8.26. The molecule has 1 aromatic heterocycles. The molecule has 0 radical (unpaired) electrons. The number of hydrogen-bond acceptors (Lipinski definition) is 3. The second kappa shape index (κ2) is 6.32. The number of anilines is 1. The lowest BCUT2D eigenvalue weighted by molar-refractivity contribution is -0.124. The fourth-order valence-corrected chi connectivity index (χ4v) is 4.65. The zero-order valence-electron chi connectivity index (χ0n) is 16.3. The van der Waals surface area contributed by atoms with Crippen LogP contribution in [0.5, 0.6) is 0 Å². The van der Waals surface area contributed by atoms with Crippen molar-refractivity contribution in [2.24, 2.45) is 11.3 Å². The molecule has 0 saturated carbocycles. The fraction of sp³-hybridized carbons (Fsp3) is 0.455. The summed E-state index contributed by atoms with van der Waals surface area (Å²) in [4.78, 5) is 13.0. The average Bonchev–Trinajstić information content (AvgIpc) is 2.90. The van der Waals surface area contributed by atoms with Gasteiger partial charge in [0, 0.05) is 23.6 Å². The van der Waals surface area contributed by atoms with Crippen molar-refractivity contribution in [2.75, 3.05) is 5.32 Å². The molecule has 1 aromatic carbocycles. The van der Waals surface area contributed by atoms with Crippen LogP contribution < -0.4 is 5.32 Å². The molecule has 5 heteroatoms. The summed E-state index contributed by atoms with van der Waals surface area (Å²) >= 11 is 0. The molecule has 0 saturated heterocycles. The second-order valence-electron chi connectivity index (χ2n) is 8.47. The van der Waals surface area contributed by atoms with E-state index in [0.29, 0.717) is 12.2 Å². The van der Waals surface area contributed by atoms with E-state index in [2.05, 4.69) is 32.2 Å². The van der Waals surface area contributed by atoms with E-state index in [-0.39, 0.29) is 23.1 Å². The number of aromatic nitrogens is 2. The van der Waals surface area contributed by atoms with Crippen LogP contribution in [0, 0.1) is 24.1 Å². The van der Waals surface area contributed by atoms with Gasteiger partial charge in [-0.3, -0.25) is 4.79 Å². The highest BCUT2D eigenvalue weighted by atomic mass is 19.1. The first-order valence-electron chi connectivity index (χ1n) is 9.68. The quantitative estimate of drug-likeness (QED) is 0.818. The molecule has 2 aromatic rings. The van der Waals surface area contributed by atoms with Crippen molar-refractivity contribution in [3.05, 3.63) is 53.1 Å². The van der Waals surface area contributed by atoms with E-state index < -0.39 is 0 Å². The largest absolute Gasteiger partial charge is 0.343 e. The molecule has 1 aliphatic carbocycles. The van der Waals surface area contributed by atoms with Gasteiger partial charge in [-0.1, -0.05) is 33.3 Å². The van der Waals surface area contributed by atoms with E-state index in [4.69, 9.17) is 5.10 Å². The van der Waals surface area contributed by atoms with Crippen LogP contribution in [-0.4, -0.2) is 15.6 Å². The lowest BCUT2D eigenvalue weighted by Gasteiger charge is -2.40. The van der Waals surface area contributed by atoms with Gasteiger partial charge in [0.1, 0.15) is 17.4 Å². The standard InChI is InChI=1S/C22H26FN3O/c1-5-6-16-19-13(2)25-26(15-9-7-14(23)8-10-15)21(19)24-17-11-22(3,4)12-18(27)20(16)17/h7-11,16,20,24H,5-6,12H2,1-4H3/t16-,20+/m0/s1. The zero-order chi connectivity index (χ0) is 19.3. The van der Waals surface area contributed by atoms with Crippen molar-refractivity contribution >= 4 is 11.6 Å². The van der Waals surface area contributed by atoms with Gasteiger partial charge >= 0.3 is 0 Å². The molecule has 1 aliphatic heterocycles. The number of benzene rings is 1. The average molecular weight is 367 g/mol. The molecular formula is C22H26FN3O. The van der Waals surface area contributed by atoms with Crippen LogP contribution >= 0.6 is 0 Å². The minimum atomic E-state index is -0.268. The zero-order valence-corrected chi connectivity index (χ0v) is 16.3. The molecule has 0 spiro atoms. The Bertz CT molecular complexity index is 924. The molecule has 4 nitrogen and oxygen atoms in total. The van der Waals surface area contributed by atoms with Crippen molar-refractivity contribution in [3.63, 3.8) is 0 Å². The van der Waals surface area contributed by atoms with Gasteiger partial charge in [-0.25, -0.2) is 9.07 Å². The first-order valence-corrected chi connectivity index (χ1v) is 9.68. The van der Waals surface area contributed by atoms with Crippen LogP contribution in [0.4, 0.5) is 10.2 Å². The Balaban J connectivity index is 1.89. The Morgan fingerprint density at radius 2 is 2.00 bits per heavy atom. The van der Waals surface area contributed by atoms with E-state index in [1.54, 1.807) is 12.1 Å². The Labute approximate surface area is 159 Å². The summed E-state index contributed by atoms with van der Waals surface area (Å²) in [5.41, 5.74) is 3.70. The molecule has 0 unspecified atom stereocenters. The SMILES string of the molecule is CCC[C@H]1c2c(C)nn(-c3ccc(F)cc3)c2NC2=CC(C)(C)CC(=O)[C@@H]21. The monoisotopic (exact) mass is 367 g/mol. The van der Waals surface area contributed by atoms with Crippen molar-refractivity contribution in [2.45, 2.75) is 52.9 Å². The lowest BCUT2D eigenvalue weighted by atomic mass is 9.67. The van der Waals surface area contributed by atoms with Crippen molar-refractivity contribution in [1.29, 1.82) is 0 Å². The number of fused-ring (bicyclic) bond motifs is 2. The maximum absolute atomic E-state index is 13.4. The molecule has 142 valence electrons. The molecule has 27 heavy (non-hydrogen) atoms. The minimum absolute atomic E-state index is 0.116. The number of allylic oxidation sites excluding steroid dienone is 2. The van der Waals surface area contributed by atoms with Gasteiger partial charge < -0.3 is 5.32 Å². The first kappa shape index (κ1) is 18.0. The molecule has 2 heterocycles. The Kier molecular flexibility index (Phi) is 4.21.